The Bertz CT molecular complexity index is 760. The molecule has 118 valence electrons. The molecule has 2 aromatic carbocycles. The van der Waals surface area contributed by atoms with Crippen LogP contribution in [0.1, 0.15) is 11.1 Å². The summed E-state index contributed by atoms with van der Waals surface area (Å²) >= 11 is 14.4. The molecule has 0 heterocycles. The lowest BCUT2D eigenvalue weighted by Gasteiger charge is -2.10. The normalized spacial score (nSPS) is 10.6. The van der Waals surface area contributed by atoms with Crippen LogP contribution in [0, 0.1) is 6.92 Å². The summed E-state index contributed by atoms with van der Waals surface area (Å²) < 4.78 is 0.880. The Morgan fingerprint density at radius 1 is 1.22 bits per heavy atom. The van der Waals surface area contributed by atoms with Gasteiger partial charge in [-0.3, -0.25) is 10.1 Å². The molecule has 0 saturated heterocycles. The molecule has 0 bridgehead atoms. The fraction of sp³-hybridized carbons (Fsp3) is 0.0588. The minimum absolute atomic E-state index is 0.236. The number of hydrogen-bond acceptors (Lipinski definition) is 2. The van der Waals surface area contributed by atoms with Gasteiger partial charge in [-0.1, -0.05) is 29.8 Å². The zero-order valence-electron chi connectivity index (χ0n) is 12.3. The lowest BCUT2D eigenvalue weighted by atomic mass is 10.2. The van der Waals surface area contributed by atoms with Crippen molar-refractivity contribution < 1.29 is 4.79 Å². The first-order chi connectivity index (χ1) is 10.9. The highest BCUT2D eigenvalue weighted by atomic mass is 79.9. The molecule has 0 saturated carbocycles. The molecule has 0 spiro atoms. The molecule has 0 aliphatic carbocycles. The topological polar surface area (TPSA) is 41.1 Å². The second kappa shape index (κ2) is 8.24. The van der Waals surface area contributed by atoms with E-state index in [0.717, 1.165) is 21.3 Å². The van der Waals surface area contributed by atoms with Gasteiger partial charge in [0.15, 0.2) is 5.11 Å². The molecule has 3 nitrogen and oxygen atoms in total. The first kappa shape index (κ1) is 17.7. The van der Waals surface area contributed by atoms with Gasteiger partial charge in [-0.15, -0.1) is 0 Å². The number of nitrogens with one attached hydrogen (secondary N) is 2. The highest BCUT2D eigenvalue weighted by Gasteiger charge is 2.04. The van der Waals surface area contributed by atoms with Crippen LogP contribution in [0.25, 0.3) is 6.08 Å². The molecule has 0 radical (unpaired) electrons. The quantitative estimate of drug-likeness (QED) is 0.557. The Hall–Kier alpha value is -1.69. The lowest BCUT2D eigenvalue weighted by molar-refractivity contribution is -0.115. The van der Waals surface area contributed by atoms with Crippen LogP contribution in [-0.2, 0) is 4.79 Å². The molecule has 6 heteroatoms. The zero-order chi connectivity index (χ0) is 16.8. The van der Waals surface area contributed by atoms with Gasteiger partial charge in [0, 0.05) is 15.6 Å². The zero-order valence-corrected chi connectivity index (χ0v) is 15.4. The van der Waals surface area contributed by atoms with Gasteiger partial charge in [0.1, 0.15) is 0 Å². The Morgan fingerprint density at radius 2 is 1.91 bits per heavy atom. The van der Waals surface area contributed by atoms with Crippen LogP contribution in [0.4, 0.5) is 5.69 Å². The average molecular weight is 410 g/mol. The van der Waals surface area contributed by atoms with Gasteiger partial charge < -0.3 is 5.32 Å². The third kappa shape index (κ3) is 5.78. The van der Waals surface area contributed by atoms with E-state index < -0.39 is 0 Å². The van der Waals surface area contributed by atoms with Crippen molar-refractivity contribution >= 4 is 62.5 Å². The lowest BCUT2D eigenvalue weighted by Crippen LogP contribution is -2.32. The largest absolute Gasteiger partial charge is 0.331 e. The summed E-state index contributed by atoms with van der Waals surface area (Å²) in [5, 5.41) is 6.46. The van der Waals surface area contributed by atoms with E-state index in [4.69, 9.17) is 23.8 Å². The van der Waals surface area contributed by atoms with Crippen LogP contribution in [0.3, 0.4) is 0 Å². The number of thiocarbonyl (C=S) groups is 1. The molecule has 0 fully saturated rings. The standard InChI is InChI=1S/C17H14BrClN2OS/c1-11-2-8-15(14(18)10-11)20-17(23)21-16(22)9-5-12-3-6-13(19)7-4-12/h2-10H,1H3,(H2,20,21,22,23). The molecule has 23 heavy (non-hydrogen) atoms. The Balaban J connectivity index is 1.91. The van der Waals surface area contributed by atoms with Gasteiger partial charge in [-0.25, -0.2) is 0 Å². The maximum Gasteiger partial charge on any atom is 0.250 e. The Morgan fingerprint density at radius 3 is 2.57 bits per heavy atom. The number of benzene rings is 2. The summed E-state index contributed by atoms with van der Waals surface area (Å²) in [5.41, 5.74) is 2.80. The van der Waals surface area contributed by atoms with Crippen LogP contribution in [0.2, 0.25) is 5.02 Å². The first-order valence-electron chi connectivity index (χ1n) is 6.76. The average Bonchev–Trinajstić information content (AvgIpc) is 2.49. The number of hydrogen-bond donors (Lipinski definition) is 2. The van der Waals surface area contributed by atoms with E-state index in [0.29, 0.717) is 5.02 Å². The van der Waals surface area contributed by atoms with Crippen molar-refractivity contribution in [2.24, 2.45) is 0 Å². The van der Waals surface area contributed by atoms with Crippen LogP contribution in [-0.4, -0.2) is 11.0 Å². The second-order valence-electron chi connectivity index (χ2n) is 4.81. The van der Waals surface area contributed by atoms with Crippen molar-refractivity contribution in [3.8, 4) is 0 Å². The molecule has 0 atom stereocenters. The molecule has 2 rings (SSSR count). The summed E-state index contributed by atoms with van der Waals surface area (Å²) in [6, 6.07) is 13.0. The van der Waals surface area contributed by atoms with Gasteiger partial charge in [-0.2, -0.15) is 0 Å². The molecule has 1 amide bonds. The molecule has 0 unspecified atom stereocenters. The van der Waals surface area contributed by atoms with Crippen molar-refractivity contribution in [1.82, 2.24) is 5.32 Å². The molecular weight excluding hydrogens is 396 g/mol. The highest BCUT2D eigenvalue weighted by molar-refractivity contribution is 9.10. The van der Waals surface area contributed by atoms with Crippen LogP contribution >= 0.6 is 39.7 Å². The van der Waals surface area contributed by atoms with Crippen molar-refractivity contribution in [3.63, 3.8) is 0 Å². The summed E-state index contributed by atoms with van der Waals surface area (Å²) in [4.78, 5) is 11.9. The van der Waals surface area contributed by atoms with E-state index in [1.165, 1.54) is 6.08 Å². The van der Waals surface area contributed by atoms with Crippen LogP contribution < -0.4 is 10.6 Å². The fourth-order valence-corrected chi connectivity index (χ4v) is 2.70. The summed E-state index contributed by atoms with van der Waals surface area (Å²) in [7, 11) is 0. The van der Waals surface area contributed by atoms with Gasteiger partial charge >= 0.3 is 0 Å². The minimum atomic E-state index is -0.305. The van der Waals surface area contributed by atoms with Gasteiger partial charge in [0.25, 0.3) is 0 Å². The number of aryl methyl sites for hydroxylation is 1. The Labute approximate surface area is 153 Å². The third-order valence-corrected chi connectivity index (χ3v) is 4.02. The number of carbonyl (C=O) groups is 1. The maximum atomic E-state index is 11.9. The predicted molar refractivity (Wildman–Crippen MR) is 104 cm³/mol. The number of rotatable bonds is 3. The van der Waals surface area contributed by atoms with Gasteiger partial charge in [0.2, 0.25) is 5.91 Å². The monoisotopic (exact) mass is 408 g/mol. The minimum Gasteiger partial charge on any atom is -0.331 e. The molecule has 0 aromatic heterocycles. The second-order valence-corrected chi connectivity index (χ2v) is 6.51. The van der Waals surface area contributed by atoms with E-state index in [-0.39, 0.29) is 11.0 Å². The maximum absolute atomic E-state index is 11.9. The van der Waals surface area contributed by atoms with Crippen molar-refractivity contribution in [1.29, 1.82) is 0 Å². The molecule has 2 aromatic rings. The highest BCUT2D eigenvalue weighted by Crippen LogP contribution is 2.23. The SMILES string of the molecule is Cc1ccc(NC(=S)NC(=O)C=Cc2ccc(Cl)cc2)c(Br)c1. The van der Waals surface area contributed by atoms with Crippen LogP contribution in [0.5, 0.6) is 0 Å². The summed E-state index contributed by atoms with van der Waals surface area (Å²) in [5.74, 6) is -0.305. The van der Waals surface area contributed by atoms with Crippen molar-refractivity contribution in [2.75, 3.05) is 5.32 Å². The first-order valence-corrected chi connectivity index (χ1v) is 8.34. The molecule has 2 N–H and O–H groups in total. The molecule has 0 aliphatic rings. The summed E-state index contributed by atoms with van der Waals surface area (Å²) in [6.45, 7) is 2.00. The Kier molecular flexibility index (Phi) is 6.33. The van der Waals surface area contributed by atoms with Crippen molar-refractivity contribution in [2.45, 2.75) is 6.92 Å². The van der Waals surface area contributed by atoms with E-state index in [1.54, 1.807) is 18.2 Å². The van der Waals surface area contributed by atoms with E-state index >= 15 is 0 Å². The number of halogens is 2. The molecule has 0 aliphatic heterocycles. The van der Waals surface area contributed by atoms with E-state index in [2.05, 4.69) is 26.6 Å². The fourth-order valence-electron chi connectivity index (χ4n) is 1.77. The molecular formula is C17H14BrClN2OS. The van der Waals surface area contributed by atoms with Crippen LogP contribution in [0.15, 0.2) is 53.0 Å². The van der Waals surface area contributed by atoms with E-state index in [1.807, 2.05) is 37.3 Å². The number of amides is 1. The smallest absolute Gasteiger partial charge is 0.250 e. The van der Waals surface area contributed by atoms with Gasteiger partial charge in [0.05, 0.1) is 5.69 Å². The van der Waals surface area contributed by atoms with Gasteiger partial charge in [-0.05, 0) is 76.5 Å². The number of carbonyl (C=O) groups excluding carboxylic acids is 1. The number of anilines is 1. The predicted octanol–water partition coefficient (Wildman–Crippen LogP) is 4.94. The van der Waals surface area contributed by atoms with E-state index in [9.17, 15) is 4.79 Å². The third-order valence-electron chi connectivity index (χ3n) is 2.91. The summed E-state index contributed by atoms with van der Waals surface area (Å²) in [6.07, 6.45) is 3.11. The van der Waals surface area contributed by atoms with Crippen molar-refractivity contribution in [3.05, 3.63) is 69.2 Å².